The monoisotopic (exact) mass is 488 g/mol. The predicted octanol–water partition coefficient (Wildman–Crippen LogP) is 2.84. The number of hydrogen-bond acceptors (Lipinski definition) is 5. The molecule has 3 N–H and O–H groups in total. The molecule has 0 aliphatic carbocycles. The van der Waals surface area contributed by atoms with Crippen LogP contribution in [0.5, 0.6) is 0 Å². The van der Waals surface area contributed by atoms with E-state index in [0.717, 1.165) is 56.8 Å². The lowest BCUT2D eigenvalue weighted by Crippen LogP contribution is -2.45. The van der Waals surface area contributed by atoms with Crippen LogP contribution in [0.4, 0.5) is 5.69 Å². The molecule has 0 aromatic heterocycles. The predicted molar refractivity (Wildman–Crippen MR) is 142 cm³/mol. The quantitative estimate of drug-likeness (QED) is 0.377. The number of hydrogen-bond donors (Lipinski definition) is 2. The molecule has 1 saturated heterocycles. The van der Waals surface area contributed by atoms with Gasteiger partial charge in [-0.25, -0.2) is 13.6 Å². The SMILES string of the molecule is NS(=O)(=O)c1ccc(CCNCC#Cc2ccc(N3CCN(Cc4ccccc4)CC3)cc2)cc1. The van der Waals surface area contributed by atoms with Gasteiger partial charge in [0.05, 0.1) is 11.4 Å². The van der Waals surface area contributed by atoms with Crippen molar-refractivity contribution in [3.8, 4) is 11.8 Å². The Morgan fingerprint density at radius 1 is 0.829 bits per heavy atom. The Balaban J connectivity index is 1.17. The zero-order valence-corrected chi connectivity index (χ0v) is 20.7. The van der Waals surface area contributed by atoms with Gasteiger partial charge in [-0.05, 0) is 53.9 Å². The number of primary sulfonamides is 1. The fraction of sp³-hybridized carbons (Fsp3) is 0.286. The molecule has 0 spiro atoms. The van der Waals surface area contributed by atoms with Gasteiger partial charge in [0.25, 0.3) is 0 Å². The largest absolute Gasteiger partial charge is 0.369 e. The van der Waals surface area contributed by atoms with Crippen LogP contribution >= 0.6 is 0 Å². The number of benzene rings is 3. The molecule has 4 rings (SSSR count). The number of nitrogens with one attached hydrogen (secondary N) is 1. The summed E-state index contributed by atoms with van der Waals surface area (Å²) < 4.78 is 22.6. The van der Waals surface area contributed by atoms with E-state index in [1.807, 2.05) is 0 Å². The zero-order chi connectivity index (χ0) is 24.5. The molecule has 1 fully saturated rings. The highest BCUT2D eigenvalue weighted by molar-refractivity contribution is 7.89. The van der Waals surface area contributed by atoms with Gasteiger partial charge in [-0.1, -0.05) is 54.3 Å². The van der Waals surface area contributed by atoms with Crippen LogP contribution in [0.2, 0.25) is 0 Å². The fourth-order valence-electron chi connectivity index (χ4n) is 4.14. The summed E-state index contributed by atoms with van der Waals surface area (Å²) in [5, 5.41) is 8.43. The first-order valence-corrected chi connectivity index (χ1v) is 13.4. The molecule has 0 bridgehead atoms. The number of rotatable bonds is 8. The first-order valence-electron chi connectivity index (χ1n) is 11.9. The smallest absolute Gasteiger partial charge is 0.238 e. The summed E-state index contributed by atoms with van der Waals surface area (Å²) in [4.78, 5) is 5.09. The van der Waals surface area contributed by atoms with E-state index < -0.39 is 10.0 Å². The van der Waals surface area contributed by atoms with Crippen molar-refractivity contribution in [2.75, 3.05) is 44.2 Å². The molecule has 3 aromatic rings. The Labute approximate surface area is 208 Å². The maximum absolute atomic E-state index is 11.3. The van der Waals surface area contributed by atoms with Gasteiger partial charge in [0.1, 0.15) is 0 Å². The van der Waals surface area contributed by atoms with Crippen molar-refractivity contribution in [2.45, 2.75) is 17.9 Å². The minimum atomic E-state index is -3.64. The van der Waals surface area contributed by atoms with Crippen LogP contribution in [0.3, 0.4) is 0 Å². The van der Waals surface area contributed by atoms with Crippen LogP contribution in [0.1, 0.15) is 16.7 Å². The fourth-order valence-corrected chi connectivity index (χ4v) is 4.65. The summed E-state index contributed by atoms with van der Waals surface area (Å²) in [5.41, 5.74) is 4.69. The summed E-state index contributed by atoms with van der Waals surface area (Å²) in [5.74, 6) is 6.38. The standard InChI is InChI=1S/C28H32N4O2S/c29-35(33,34)28-14-10-25(11-15-28)16-18-30-17-4-7-24-8-12-27(13-9-24)32-21-19-31(20-22-32)23-26-5-2-1-3-6-26/h1-3,5-6,8-15,30H,16-23H2,(H2,29,33,34). The Morgan fingerprint density at radius 2 is 1.51 bits per heavy atom. The number of sulfonamides is 1. The Morgan fingerprint density at radius 3 is 2.17 bits per heavy atom. The van der Waals surface area contributed by atoms with E-state index in [2.05, 4.69) is 81.6 Å². The number of nitrogens with two attached hydrogens (primary N) is 1. The third-order valence-corrected chi connectivity index (χ3v) is 7.07. The molecule has 0 amide bonds. The van der Waals surface area contributed by atoms with Crippen molar-refractivity contribution in [1.29, 1.82) is 0 Å². The number of anilines is 1. The van der Waals surface area contributed by atoms with E-state index >= 15 is 0 Å². The van der Waals surface area contributed by atoms with E-state index in [-0.39, 0.29) is 4.90 Å². The average Bonchev–Trinajstić information content (AvgIpc) is 2.87. The summed E-state index contributed by atoms with van der Waals surface area (Å²) in [6, 6.07) is 25.8. The molecule has 0 unspecified atom stereocenters. The van der Waals surface area contributed by atoms with Crippen LogP contribution in [0.15, 0.2) is 83.8 Å². The second kappa shape index (κ2) is 12.0. The average molecular weight is 489 g/mol. The van der Waals surface area contributed by atoms with Gasteiger partial charge in [-0.3, -0.25) is 4.90 Å². The Kier molecular flexibility index (Phi) is 8.56. The van der Waals surface area contributed by atoms with Crippen LogP contribution in [-0.4, -0.2) is 52.6 Å². The summed E-state index contributed by atoms with van der Waals surface area (Å²) >= 11 is 0. The van der Waals surface area contributed by atoms with Gasteiger partial charge in [0.15, 0.2) is 0 Å². The van der Waals surface area contributed by atoms with Crippen molar-refractivity contribution in [2.24, 2.45) is 5.14 Å². The maximum Gasteiger partial charge on any atom is 0.238 e. The van der Waals surface area contributed by atoms with Gasteiger partial charge in [0.2, 0.25) is 10.0 Å². The molecule has 35 heavy (non-hydrogen) atoms. The normalized spacial score (nSPS) is 14.4. The molecule has 1 heterocycles. The summed E-state index contributed by atoms with van der Waals surface area (Å²) in [7, 11) is -3.64. The van der Waals surface area contributed by atoms with E-state index in [4.69, 9.17) is 5.14 Å². The molecule has 1 aliphatic rings. The molecule has 182 valence electrons. The van der Waals surface area contributed by atoms with Crippen molar-refractivity contribution >= 4 is 15.7 Å². The molecule has 1 aliphatic heterocycles. The molecular formula is C28H32N4O2S. The number of piperazine rings is 1. The van der Waals surface area contributed by atoms with Crippen molar-refractivity contribution in [3.05, 3.63) is 95.6 Å². The molecule has 0 saturated carbocycles. The first kappa shape index (κ1) is 25.0. The zero-order valence-electron chi connectivity index (χ0n) is 19.9. The van der Waals surface area contributed by atoms with Crippen molar-refractivity contribution in [1.82, 2.24) is 10.2 Å². The molecule has 7 heteroatoms. The topological polar surface area (TPSA) is 78.7 Å². The third kappa shape index (κ3) is 7.67. The van der Waals surface area contributed by atoms with Crippen LogP contribution in [0, 0.1) is 11.8 Å². The molecule has 0 radical (unpaired) electrons. The first-order chi connectivity index (χ1) is 17.0. The van der Waals surface area contributed by atoms with Gasteiger partial charge in [-0.15, -0.1) is 0 Å². The highest BCUT2D eigenvalue weighted by Gasteiger charge is 2.17. The van der Waals surface area contributed by atoms with Crippen molar-refractivity contribution in [3.63, 3.8) is 0 Å². The van der Waals surface area contributed by atoms with E-state index in [9.17, 15) is 8.42 Å². The van der Waals surface area contributed by atoms with Gasteiger partial charge >= 0.3 is 0 Å². The van der Waals surface area contributed by atoms with E-state index in [0.29, 0.717) is 6.54 Å². The summed E-state index contributed by atoms with van der Waals surface area (Å²) in [6.07, 6.45) is 0.792. The minimum Gasteiger partial charge on any atom is -0.369 e. The highest BCUT2D eigenvalue weighted by atomic mass is 32.2. The summed E-state index contributed by atoms with van der Waals surface area (Å²) in [6.45, 7) is 6.58. The van der Waals surface area contributed by atoms with Gasteiger partial charge in [0, 0.05) is 50.5 Å². The van der Waals surface area contributed by atoms with E-state index in [1.54, 1.807) is 24.3 Å². The molecule has 6 nitrogen and oxygen atoms in total. The Bertz CT molecular complexity index is 1240. The van der Waals surface area contributed by atoms with E-state index in [1.165, 1.54) is 11.3 Å². The minimum absolute atomic E-state index is 0.136. The highest BCUT2D eigenvalue weighted by Crippen LogP contribution is 2.18. The lowest BCUT2D eigenvalue weighted by molar-refractivity contribution is 0.250. The van der Waals surface area contributed by atoms with Gasteiger partial charge in [-0.2, -0.15) is 0 Å². The van der Waals surface area contributed by atoms with Crippen LogP contribution in [0.25, 0.3) is 0 Å². The lowest BCUT2D eigenvalue weighted by Gasteiger charge is -2.36. The second-order valence-electron chi connectivity index (χ2n) is 8.71. The molecule has 0 atom stereocenters. The molecular weight excluding hydrogens is 456 g/mol. The van der Waals surface area contributed by atoms with Crippen LogP contribution < -0.4 is 15.4 Å². The van der Waals surface area contributed by atoms with Crippen LogP contribution in [-0.2, 0) is 23.0 Å². The Hall–Kier alpha value is -3.15. The van der Waals surface area contributed by atoms with Crippen molar-refractivity contribution < 1.29 is 8.42 Å². The molecule has 3 aromatic carbocycles. The third-order valence-electron chi connectivity index (χ3n) is 6.14. The maximum atomic E-state index is 11.3. The second-order valence-corrected chi connectivity index (χ2v) is 10.3. The number of nitrogens with zero attached hydrogens (tertiary/aromatic N) is 2. The van der Waals surface area contributed by atoms with Gasteiger partial charge < -0.3 is 10.2 Å². The lowest BCUT2D eigenvalue weighted by atomic mass is 10.1.